The average Bonchev–Trinajstić information content (AvgIpc) is 2.60. The fraction of sp³-hybridized carbons (Fsp3) is 0.750. The Balaban J connectivity index is 1.97. The molecule has 0 amide bonds. The Hall–Kier alpha value is -0.830. The maximum Gasteiger partial charge on any atom is 0.333 e. The molecule has 0 spiro atoms. The van der Waals surface area contributed by atoms with Gasteiger partial charge in [-0.25, -0.2) is 4.79 Å². The third-order valence-corrected chi connectivity index (χ3v) is 3.65. The lowest BCUT2D eigenvalue weighted by atomic mass is 9.79. The van der Waals surface area contributed by atoms with E-state index in [1.54, 1.807) is 0 Å². The van der Waals surface area contributed by atoms with E-state index in [1.807, 2.05) is 0 Å². The lowest BCUT2D eigenvalue weighted by Gasteiger charge is -2.29. The summed E-state index contributed by atoms with van der Waals surface area (Å²) in [6, 6.07) is 0. The van der Waals surface area contributed by atoms with E-state index in [0.717, 1.165) is 12.8 Å². The van der Waals surface area contributed by atoms with Crippen molar-refractivity contribution in [2.24, 2.45) is 11.8 Å². The van der Waals surface area contributed by atoms with Crippen LogP contribution in [0.15, 0.2) is 12.2 Å². The van der Waals surface area contributed by atoms with Crippen molar-refractivity contribution in [2.45, 2.75) is 38.2 Å². The number of cyclic esters (lactones) is 1. The van der Waals surface area contributed by atoms with Crippen LogP contribution in [0.5, 0.6) is 0 Å². The normalized spacial score (nSPS) is 30.3. The van der Waals surface area contributed by atoms with Crippen LogP contribution in [-0.4, -0.2) is 23.8 Å². The second-order valence-electron chi connectivity index (χ2n) is 4.62. The summed E-state index contributed by atoms with van der Waals surface area (Å²) < 4.78 is 4.89. The van der Waals surface area contributed by atoms with Crippen LogP contribution in [0.1, 0.15) is 32.1 Å². The van der Waals surface area contributed by atoms with E-state index < -0.39 is 6.10 Å². The van der Waals surface area contributed by atoms with Gasteiger partial charge in [-0.05, 0) is 18.8 Å². The first kappa shape index (κ1) is 10.7. The highest BCUT2D eigenvalue weighted by Gasteiger charge is 2.38. The number of esters is 1. The Morgan fingerprint density at radius 3 is 2.53 bits per heavy atom. The van der Waals surface area contributed by atoms with Crippen molar-refractivity contribution in [1.82, 2.24) is 0 Å². The van der Waals surface area contributed by atoms with E-state index in [0.29, 0.717) is 18.1 Å². The lowest BCUT2D eigenvalue weighted by Crippen LogP contribution is -2.31. The average molecular weight is 210 g/mol. The molecular formula is C12H18O3. The number of carbonyl (C=O) groups is 1. The molecule has 1 aliphatic heterocycles. The molecule has 0 aromatic heterocycles. The van der Waals surface area contributed by atoms with Gasteiger partial charge in [-0.1, -0.05) is 25.8 Å². The molecule has 2 atom stereocenters. The van der Waals surface area contributed by atoms with Crippen molar-refractivity contribution in [1.29, 1.82) is 0 Å². The Morgan fingerprint density at radius 1 is 1.33 bits per heavy atom. The van der Waals surface area contributed by atoms with Gasteiger partial charge in [0.05, 0.1) is 12.0 Å². The van der Waals surface area contributed by atoms with Crippen LogP contribution >= 0.6 is 0 Å². The number of hydrogen-bond donors (Lipinski definition) is 1. The molecule has 2 rings (SSSR count). The number of aliphatic hydroxyl groups excluding tert-OH is 1. The molecule has 84 valence electrons. The Labute approximate surface area is 90.1 Å². The summed E-state index contributed by atoms with van der Waals surface area (Å²) in [5.74, 6) is -0.176. The SMILES string of the molecule is C=C1C(=O)OCC1C(O)C1CCCCC1. The van der Waals surface area contributed by atoms with Crippen LogP contribution in [0.4, 0.5) is 0 Å². The molecule has 3 nitrogen and oxygen atoms in total. The first-order chi connectivity index (χ1) is 7.20. The van der Waals surface area contributed by atoms with Crippen molar-refractivity contribution in [3.8, 4) is 0 Å². The van der Waals surface area contributed by atoms with E-state index in [4.69, 9.17) is 4.74 Å². The first-order valence-electron chi connectivity index (χ1n) is 5.74. The molecule has 1 heterocycles. The van der Waals surface area contributed by atoms with Gasteiger partial charge in [0.25, 0.3) is 0 Å². The molecule has 15 heavy (non-hydrogen) atoms. The Bertz CT molecular complexity index is 266. The minimum absolute atomic E-state index is 0.166. The van der Waals surface area contributed by atoms with E-state index in [2.05, 4.69) is 6.58 Å². The molecule has 2 unspecified atom stereocenters. The van der Waals surface area contributed by atoms with Crippen LogP contribution in [0.3, 0.4) is 0 Å². The maximum atomic E-state index is 11.1. The van der Waals surface area contributed by atoms with Gasteiger partial charge in [0, 0.05) is 5.57 Å². The quantitative estimate of drug-likeness (QED) is 0.557. The molecule has 3 heteroatoms. The van der Waals surface area contributed by atoms with Gasteiger partial charge in [0.1, 0.15) is 6.61 Å². The number of ether oxygens (including phenoxy) is 1. The van der Waals surface area contributed by atoms with E-state index in [-0.39, 0.29) is 11.9 Å². The second-order valence-corrected chi connectivity index (χ2v) is 4.62. The van der Waals surface area contributed by atoms with E-state index in [1.165, 1.54) is 19.3 Å². The van der Waals surface area contributed by atoms with Crippen molar-refractivity contribution < 1.29 is 14.6 Å². The molecule has 1 aliphatic carbocycles. The molecule has 2 fully saturated rings. The van der Waals surface area contributed by atoms with Crippen LogP contribution in [0.2, 0.25) is 0 Å². The highest BCUT2D eigenvalue weighted by molar-refractivity contribution is 5.90. The zero-order chi connectivity index (χ0) is 10.8. The van der Waals surface area contributed by atoms with Crippen LogP contribution in [-0.2, 0) is 9.53 Å². The van der Waals surface area contributed by atoms with E-state index >= 15 is 0 Å². The fourth-order valence-corrected chi connectivity index (χ4v) is 2.62. The predicted octanol–water partition coefficient (Wildman–Crippen LogP) is 1.66. The highest BCUT2D eigenvalue weighted by atomic mass is 16.5. The predicted molar refractivity (Wildman–Crippen MR) is 56.2 cm³/mol. The molecule has 1 saturated carbocycles. The zero-order valence-electron chi connectivity index (χ0n) is 8.95. The molecule has 1 saturated heterocycles. The summed E-state index contributed by atoms with van der Waals surface area (Å²) in [5, 5.41) is 10.2. The molecular weight excluding hydrogens is 192 g/mol. The standard InChI is InChI=1S/C12H18O3/c1-8-10(7-15-12(8)14)11(13)9-5-3-2-4-6-9/h9-11,13H,1-7H2. The van der Waals surface area contributed by atoms with E-state index in [9.17, 15) is 9.90 Å². The Morgan fingerprint density at radius 2 is 2.00 bits per heavy atom. The van der Waals surface area contributed by atoms with Gasteiger partial charge < -0.3 is 9.84 Å². The minimum atomic E-state index is -0.441. The smallest absolute Gasteiger partial charge is 0.333 e. The summed E-state index contributed by atoms with van der Waals surface area (Å²) in [5.41, 5.74) is 0.452. The number of carbonyl (C=O) groups excluding carboxylic acids is 1. The molecule has 0 radical (unpaired) electrons. The lowest BCUT2D eigenvalue weighted by molar-refractivity contribution is -0.135. The third kappa shape index (κ3) is 2.07. The van der Waals surface area contributed by atoms with Gasteiger partial charge >= 0.3 is 5.97 Å². The summed E-state index contributed by atoms with van der Waals surface area (Å²) in [6.07, 6.45) is 5.35. The number of aliphatic hydroxyl groups is 1. The molecule has 2 aliphatic rings. The van der Waals surface area contributed by atoms with Gasteiger partial charge in [-0.2, -0.15) is 0 Å². The van der Waals surface area contributed by atoms with Crippen LogP contribution < -0.4 is 0 Å². The van der Waals surface area contributed by atoms with Crippen LogP contribution in [0, 0.1) is 11.8 Å². The number of rotatable bonds is 2. The van der Waals surface area contributed by atoms with Gasteiger partial charge in [-0.15, -0.1) is 0 Å². The molecule has 0 bridgehead atoms. The maximum absolute atomic E-state index is 11.1. The van der Waals surface area contributed by atoms with Gasteiger partial charge in [-0.3, -0.25) is 0 Å². The summed E-state index contributed by atoms with van der Waals surface area (Å²) in [4.78, 5) is 11.1. The molecule has 0 aromatic carbocycles. The zero-order valence-corrected chi connectivity index (χ0v) is 8.95. The first-order valence-corrected chi connectivity index (χ1v) is 5.74. The topological polar surface area (TPSA) is 46.5 Å². The summed E-state index contributed by atoms with van der Waals surface area (Å²) in [7, 11) is 0. The van der Waals surface area contributed by atoms with Crippen molar-refractivity contribution in [3.05, 3.63) is 12.2 Å². The largest absolute Gasteiger partial charge is 0.462 e. The van der Waals surface area contributed by atoms with Crippen molar-refractivity contribution in [3.63, 3.8) is 0 Å². The van der Waals surface area contributed by atoms with Crippen molar-refractivity contribution >= 4 is 5.97 Å². The Kier molecular flexibility index (Phi) is 3.10. The summed E-state index contributed by atoms with van der Waals surface area (Å²) >= 11 is 0. The second kappa shape index (κ2) is 4.35. The van der Waals surface area contributed by atoms with Gasteiger partial charge in [0.2, 0.25) is 0 Å². The fourth-order valence-electron chi connectivity index (χ4n) is 2.62. The minimum Gasteiger partial charge on any atom is -0.462 e. The van der Waals surface area contributed by atoms with Crippen molar-refractivity contribution in [2.75, 3.05) is 6.61 Å². The van der Waals surface area contributed by atoms with Crippen LogP contribution in [0.25, 0.3) is 0 Å². The molecule has 0 aromatic rings. The highest BCUT2D eigenvalue weighted by Crippen LogP contribution is 2.34. The number of hydrogen-bond acceptors (Lipinski definition) is 3. The monoisotopic (exact) mass is 210 g/mol. The molecule has 1 N–H and O–H groups in total. The third-order valence-electron chi connectivity index (χ3n) is 3.65. The summed E-state index contributed by atoms with van der Waals surface area (Å²) in [6.45, 7) is 4.01. The van der Waals surface area contributed by atoms with Gasteiger partial charge in [0.15, 0.2) is 0 Å².